The maximum atomic E-state index is 14.2. The fourth-order valence-corrected chi connectivity index (χ4v) is 4.31. The lowest BCUT2D eigenvalue weighted by molar-refractivity contribution is 0.411. The van der Waals surface area contributed by atoms with Crippen LogP contribution in [0.5, 0.6) is 5.75 Å². The quantitative estimate of drug-likeness (QED) is 0.396. The molecule has 0 bridgehead atoms. The highest BCUT2D eigenvalue weighted by Crippen LogP contribution is 2.31. The Kier molecular flexibility index (Phi) is 6.49. The van der Waals surface area contributed by atoms with Gasteiger partial charge in [-0.3, -0.25) is 14.1 Å². The molecule has 0 aliphatic heterocycles. The van der Waals surface area contributed by atoms with Crippen LogP contribution in [0, 0.1) is 5.82 Å². The highest BCUT2D eigenvalue weighted by Gasteiger charge is 2.19. The van der Waals surface area contributed by atoms with Crippen LogP contribution in [0.25, 0.3) is 16.6 Å². The number of benzene rings is 2. The fourth-order valence-electron chi connectivity index (χ4n) is 2.96. The molecular formula is C19H16BrFN3O5PS. The van der Waals surface area contributed by atoms with Gasteiger partial charge in [-0.1, -0.05) is 5.16 Å². The molecule has 0 aliphatic rings. The van der Waals surface area contributed by atoms with Crippen molar-refractivity contribution in [1.29, 1.82) is 0 Å². The maximum absolute atomic E-state index is 14.2. The summed E-state index contributed by atoms with van der Waals surface area (Å²) in [5.41, 5.74) is 0.131. The number of hydrogen-bond acceptors (Lipinski definition) is 6. The van der Waals surface area contributed by atoms with Gasteiger partial charge in [0, 0.05) is 23.6 Å². The van der Waals surface area contributed by atoms with Crippen molar-refractivity contribution in [3.63, 3.8) is 0 Å². The van der Waals surface area contributed by atoms with Crippen LogP contribution in [0.3, 0.4) is 0 Å². The third kappa shape index (κ3) is 4.34. The average molecular weight is 528 g/mol. The van der Waals surface area contributed by atoms with Crippen molar-refractivity contribution < 1.29 is 22.1 Å². The Balaban J connectivity index is 0.00000272. The molecule has 8 nitrogen and oxygen atoms in total. The lowest BCUT2D eigenvalue weighted by atomic mass is 10.2. The fraction of sp³-hybridized carbons (Fsp3) is 0.0526. The van der Waals surface area contributed by atoms with E-state index in [1.54, 1.807) is 0 Å². The minimum absolute atomic E-state index is 0. The predicted octanol–water partition coefficient (Wildman–Crippen LogP) is 3.75. The number of pyridine rings is 1. The van der Waals surface area contributed by atoms with Crippen molar-refractivity contribution in [2.45, 2.75) is 4.90 Å². The minimum Gasteiger partial charge on any atom is -0.495 e. The number of nitrogens with one attached hydrogen (secondary N) is 1. The van der Waals surface area contributed by atoms with Crippen molar-refractivity contribution in [3.05, 3.63) is 75.4 Å². The standard InChI is InChI=1S/C19H13BrFN3O5S.H3P/c1-28-17-9-13(20)14(21)10-16(17)24-15-4-3-12(8-11(15)2-5-19(24)25)30(26,27)23-18-6-7-29-22-18;/h2-10H,1H3,(H,22,23);1H3. The van der Waals surface area contributed by atoms with E-state index >= 15 is 0 Å². The number of aromatic nitrogens is 2. The third-order valence-electron chi connectivity index (χ3n) is 4.32. The van der Waals surface area contributed by atoms with Crippen LogP contribution < -0.4 is 15.0 Å². The molecule has 31 heavy (non-hydrogen) atoms. The van der Waals surface area contributed by atoms with Crippen LogP contribution in [0.2, 0.25) is 0 Å². The van der Waals surface area contributed by atoms with Gasteiger partial charge in [-0.25, -0.2) is 12.8 Å². The van der Waals surface area contributed by atoms with Crippen LogP contribution >= 0.6 is 25.8 Å². The van der Waals surface area contributed by atoms with E-state index in [9.17, 15) is 17.6 Å². The Bertz CT molecular complexity index is 1420. The van der Waals surface area contributed by atoms with E-state index in [1.165, 1.54) is 66.5 Å². The lowest BCUT2D eigenvalue weighted by Crippen LogP contribution is -2.19. The first-order chi connectivity index (χ1) is 14.3. The van der Waals surface area contributed by atoms with Gasteiger partial charge in [0.15, 0.2) is 5.82 Å². The summed E-state index contributed by atoms with van der Waals surface area (Å²) in [5, 5.41) is 3.97. The number of sulfonamides is 1. The van der Waals surface area contributed by atoms with Gasteiger partial charge in [-0.15, -0.1) is 0 Å². The van der Waals surface area contributed by atoms with Crippen LogP contribution in [0.4, 0.5) is 10.2 Å². The van der Waals surface area contributed by atoms with Gasteiger partial charge in [-0.2, -0.15) is 9.90 Å². The van der Waals surface area contributed by atoms with Crippen molar-refractivity contribution in [2.75, 3.05) is 11.8 Å². The summed E-state index contributed by atoms with van der Waals surface area (Å²) in [4.78, 5) is 12.6. The number of nitrogens with zero attached hydrogens (tertiary/aromatic N) is 2. The molecule has 0 saturated heterocycles. The molecule has 0 saturated carbocycles. The van der Waals surface area contributed by atoms with Crippen LogP contribution in [0.1, 0.15) is 0 Å². The summed E-state index contributed by atoms with van der Waals surface area (Å²) < 4.78 is 53.1. The Morgan fingerprint density at radius 2 is 1.94 bits per heavy atom. The Hall–Kier alpha value is -2.75. The molecule has 0 fully saturated rings. The van der Waals surface area contributed by atoms with Crippen LogP contribution in [0.15, 0.2) is 73.5 Å². The molecule has 1 N–H and O–H groups in total. The smallest absolute Gasteiger partial charge is 0.263 e. The summed E-state index contributed by atoms with van der Waals surface area (Å²) in [6.45, 7) is 0. The number of hydrogen-bond donors (Lipinski definition) is 1. The maximum Gasteiger partial charge on any atom is 0.263 e. The van der Waals surface area contributed by atoms with Gasteiger partial charge in [0.1, 0.15) is 17.8 Å². The molecule has 12 heteroatoms. The Labute approximate surface area is 187 Å². The van der Waals surface area contributed by atoms with Gasteiger partial charge < -0.3 is 9.26 Å². The van der Waals surface area contributed by atoms with Crippen molar-refractivity contribution in [2.24, 2.45) is 0 Å². The highest BCUT2D eigenvalue weighted by atomic mass is 79.9. The average Bonchev–Trinajstić information content (AvgIpc) is 3.21. The first-order valence-corrected chi connectivity index (χ1v) is 10.7. The van der Waals surface area contributed by atoms with Crippen LogP contribution in [-0.2, 0) is 10.0 Å². The first kappa shape index (κ1) is 22.9. The van der Waals surface area contributed by atoms with E-state index in [-0.39, 0.29) is 36.5 Å². The predicted molar refractivity (Wildman–Crippen MR) is 122 cm³/mol. The summed E-state index contributed by atoms with van der Waals surface area (Å²) in [6.07, 6.45) is 1.24. The third-order valence-corrected chi connectivity index (χ3v) is 6.28. The van der Waals surface area contributed by atoms with Gasteiger partial charge in [0.25, 0.3) is 15.6 Å². The molecule has 2 aromatic carbocycles. The highest BCUT2D eigenvalue weighted by molar-refractivity contribution is 9.10. The van der Waals surface area contributed by atoms with Gasteiger partial charge in [0.05, 0.1) is 27.7 Å². The number of halogens is 2. The summed E-state index contributed by atoms with van der Waals surface area (Å²) in [5.74, 6) is -0.275. The number of ether oxygens (including phenoxy) is 1. The monoisotopic (exact) mass is 527 g/mol. The molecule has 0 aliphatic carbocycles. The largest absolute Gasteiger partial charge is 0.495 e. The Morgan fingerprint density at radius 3 is 2.61 bits per heavy atom. The van der Waals surface area contributed by atoms with Crippen molar-refractivity contribution in [3.8, 4) is 11.4 Å². The lowest BCUT2D eigenvalue weighted by Gasteiger charge is -2.15. The van der Waals surface area contributed by atoms with Crippen molar-refractivity contribution >= 4 is 52.6 Å². The summed E-state index contributed by atoms with van der Waals surface area (Å²) in [7, 11) is -2.54. The van der Waals surface area contributed by atoms with Gasteiger partial charge >= 0.3 is 0 Å². The van der Waals surface area contributed by atoms with E-state index in [4.69, 9.17) is 4.74 Å². The number of fused-ring (bicyclic) bond motifs is 1. The topological polar surface area (TPSA) is 103 Å². The number of rotatable bonds is 5. The van der Waals surface area contributed by atoms with E-state index in [0.29, 0.717) is 10.9 Å². The SMILES string of the molecule is COc1cc(Br)c(F)cc1-n1c(=O)ccc2cc(S(=O)(=O)Nc3ccon3)ccc21.P. The second-order valence-corrected chi connectivity index (χ2v) is 8.69. The summed E-state index contributed by atoms with van der Waals surface area (Å²) in [6, 6.07) is 10.9. The van der Waals surface area contributed by atoms with E-state index in [2.05, 4.69) is 30.3 Å². The summed E-state index contributed by atoms with van der Waals surface area (Å²) >= 11 is 3.09. The van der Waals surface area contributed by atoms with E-state index in [0.717, 1.165) is 0 Å². The number of anilines is 1. The zero-order valence-corrected chi connectivity index (χ0v) is 19.8. The molecule has 1 atom stereocenters. The zero-order chi connectivity index (χ0) is 21.5. The normalized spacial score (nSPS) is 11.2. The minimum atomic E-state index is -3.94. The molecule has 4 aromatic rings. The van der Waals surface area contributed by atoms with E-state index in [1.807, 2.05) is 0 Å². The molecule has 0 amide bonds. The van der Waals surface area contributed by atoms with Gasteiger partial charge in [0.2, 0.25) is 0 Å². The molecule has 1 unspecified atom stereocenters. The van der Waals surface area contributed by atoms with Crippen LogP contribution in [-0.4, -0.2) is 25.3 Å². The van der Waals surface area contributed by atoms with Gasteiger partial charge in [-0.05, 0) is 46.3 Å². The molecule has 2 aromatic heterocycles. The first-order valence-electron chi connectivity index (χ1n) is 8.42. The molecular weight excluding hydrogens is 512 g/mol. The number of methoxy groups -OCH3 is 1. The molecule has 4 rings (SSSR count). The zero-order valence-electron chi connectivity index (χ0n) is 16.0. The van der Waals surface area contributed by atoms with Crippen molar-refractivity contribution in [1.82, 2.24) is 9.72 Å². The molecule has 0 radical (unpaired) electrons. The second-order valence-electron chi connectivity index (χ2n) is 6.16. The Morgan fingerprint density at radius 1 is 1.16 bits per heavy atom. The molecule has 2 heterocycles. The van der Waals surface area contributed by atoms with E-state index < -0.39 is 21.4 Å². The second kappa shape index (κ2) is 8.78. The molecule has 162 valence electrons. The molecule has 0 spiro atoms.